The van der Waals surface area contributed by atoms with Gasteiger partial charge >= 0.3 is 0 Å². The third-order valence-corrected chi connectivity index (χ3v) is 4.06. The normalized spacial score (nSPS) is 16.1. The summed E-state index contributed by atoms with van der Waals surface area (Å²) in [6.45, 7) is 5.92. The molecule has 110 valence electrons. The van der Waals surface area contributed by atoms with Crippen molar-refractivity contribution < 1.29 is 4.79 Å². The van der Waals surface area contributed by atoms with Crippen LogP contribution in [0.2, 0.25) is 0 Å². The molecule has 5 heteroatoms. The van der Waals surface area contributed by atoms with Crippen molar-refractivity contribution in [2.75, 3.05) is 13.1 Å². The summed E-state index contributed by atoms with van der Waals surface area (Å²) in [7, 11) is 0. The fraction of sp³-hybridized carbons (Fsp3) is 0.438. The van der Waals surface area contributed by atoms with Gasteiger partial charge in [-0.2, -0.15) is 0 Å². The van der Waals surface area contributed by atoms with Crippen LogP contribution in [0.25, 0.3) is 0 Å². The van der Waals surface area contributed by atoms with E-state index in [1.54, 1.807) is 6.20 Å². The minimum atomic E-state index is -0.0450. The van der Waals surface area contributed by atoms with Crippen LogP contribution < -0.4 is 5.32 Å². The predicted octanol–water partition coefficient (Wildman–Crippen LogP) is 2.05. The lowest BCUT2D eigenvalue weighted by Gasteiger charge is -2.22. The molecule has 5 nitrogen and oxygen atoms in total. The van der Waals surface area contributed by atoms with Gasteiger partial charge in [0.1, 0.15) is 0 Å². The Labute approximate surface area is 124 Å². The quantitative estimate of drug-likeness (QED) is 0.876. The number of hydrogen-bond donors (Lipinski definition) is 1. The van der Waals surface area contributed by atoms with Crippen LogP contribution in [0.15, 0.2) is 24.4 Å². The number of aryl methyl sites for hydroxylation is 2. The van der Waals surface area contributed by atoms with E-state index in [0.29, 0.717) is 17.3 Å². The number of piperidine rings is 1. The van der Waals surface area contributed by atoms with Crippen LogP contribution in [0, 0.1) is 13.8 Å². The highest BCUT2D eigenvalue weighted by atomic mass is 16.1. The van der Waals surface area contributed by atoms with Crippen LogP contribution in [-0.4, -0.2) is 33.9 Å². The van der Waals surface area contributed by atoms with Gasteiger partial charge in [0, 0.05) is 5.56 Å². The Balaban J connectivity index is 1.85. The van der Waals surface area contributed by atoms with Gasteiger partial charge in [0.05, 0.1) is 12.2 Å². The maximum absolute atomic E-state index is 12.6. The summed E-state index contributed by atoms with van der Waals surface area (Å²) >= 11 is 0. The lowest BCUT2D eigenvalue weighted by atomic mass is 10.0. The third kappa shape index (κ3) is 2.88. The second kappa shape index (κ2) is 5.77. The molecule has 1 aliphatic heterocycles. The summed E-state index contributed by atoms with van der Waals surface area (Å²) in [6, 6.07) is 6.25. The number of rotatable bonds is 3. The Hall–Kier alpha value is -2.01. The molecule has 1 aromatic carbocycles. The van der Waals surface area contributed by atoms with Gasteiger partial charge in [-0.15, -0.1) is 5.10 Å². The van der Waals surface area contributed by atoms with Gasteiger partial charge in [0.25, 0.3) is 0 Å². The van der Waals surface area contributed by atoms with E-state index in [1.165, 1.54) is 0 Å². The number of aromatic nitrogens is 3. The molecule has 21 heavy (non-hydrogen) atoms. The van der Waals surface area contributed by atoms with Crippen LogP contribution in [0.1, 0.15) is 46.1 Å². The van der Waals surface area contributed by atoms with E-state index in [-0.39, 0.29) is 5.78 Å². The van der Waals surface area contributed by atoms with E-state index in [0.717, 1.165) is 37.1 Å². The van der Waals surface area contributed by atoms with E-state index >= 15 is 0 Å². The molecule has 0 unspecified atom stereocenters. The number of nitrogens with one attached hydrogen (secondary N) is 1. The predicted molar refractivity (Wildman–Crippen MR) is 80.5 cm³/mol. The molecule has 1 aromatic heterocycles. The van der Waals surface area contributed by atoms with Crippen molar-refractivity contribution >= 4 is 5.78 Å². The van der Waals surface area contributed by atoms with E-state index < -0.39 is 0 Å². The summed E-state index contributed by atoms with van der Waals surface area (Å²) in [5.74, 6) is -0.0450. The molecule has 1 saturated heterocycles. The first-order valence-corrected chi connectivity index (χ1v) is 7.39. The first kappa shape index (κ1) is 13.9. The molecule has 0 aliphatic carbocycles. The second-order valence-electron chi connectivity index (χ2n) is 5.71. The van der Waals surface area contributed by atoms with Gasteiger partial charge in [-0.1, -0.05) is 22.9 Å². The fourth-order valence-electron chi connectivity index (χ4n) is 2.75. The summed E-state index contributed by atoms with van der Waals surface area (Å²) in [5.41, 5.74) is 3.20. The van der Waals surface area contributed by atoms with E-state index in [9.17, 15) is 4.79 Å². The third-order valence-electron chi connectivity index (χ3n) is 4.06. The van der Waals surface area contributed by atoms with E-state index in [4.69, 9.17) is 0 Å². The lowest BCUT2D eigenvalue weighted by Crippen LogP contribution is -2.29. The summed E-state index contributed by atoms with van der Waals surface area (Å²) in [5, 5.41) is 11.6. The fourth-order valence-corrected chi connectivity index (χ4v) is 2.75. The van der Waals surface area contributed by atoms with Crippen molar-refractivity contribution in [1.82, 2.24) is 20.3 Å². The zero-order valence-electron chi connectivity index (χ0n) is 12.5. The van der Waals surface area contributed by atoms with Crippen molar-refractivity contribution in [1.29, 1.82) is 0 Å². The molecule has 0 amide bonds. The number of carbonyl (C=O) groups is 1. The molecule has 3 rings (SSSR count). The number of ketones is 1. The average Bonchev–Trinajstić information content (AvgIpc) is 3.00. The monoisotopic (exact) mass is 284 g/mol. The highest BCUT2D eigenvalue weighted by molar-refractivity contribution is 6.08. The van der Waals surface area contributed by atoms with E-state index in [2.05, 4.69) is 15.6 Å². The smallest absolute Gasteiger partial charge is 0.215 e. The van der Waals surface area contributed by atoms with Crippen molar-refractivity contribution in [2.24, 2.45) is 0 Å². The highest BCUT2D eigenvalue weighted by Crippen LogP contribution is 2.19. The van der Waals surface area contributed by atoms with Gasteiger partial charge in [-0.25, -0.2) is 4.68 Å². The van der Waals surface area contributed by atoms with Gasteiger partial charge in [-0.3, -0.25) is 4.79 Å². The molecule has 0 radical (unpaired) electrons. The second-order valence-corrected chi connectivity index (χ2v) is 5.71. The molecule has 1 fully saturated rings. The first-order chi connectivity index (χ1) is 10.1. The van der Waals surface area contributed by atoms with Crippen molar-refractivity contribution in [3.05, 3.63) is 46.8 Å². The van der Waals surface area contributed by atoms with Gasteiger partial charge in [0.2, 0.25) is 5.78 Å². The minimum Gasteiger partial charge on any atom is -0.317 e. The molecule has 2 heterocycles. The zero-order valence-corrected chi connectivity index (χ0v) is 12.5. The Morgan fingerprint density at radius 1 is 1.29 bits per heavy atom. The lowest BCUT2D eigenvalue weighted by molar-refractivity contribution is 0.103. The van der Waals surface area contributed by atoms with Crippen molar-refractivity contribution in [3.8, 4) is 0 Å². The topological polar surface area (TPSA) is 59.8 Å². The maximum Gasteiger partial charge on any atom is 0.215 e. The molecular formula is C16H20N4O. The van der Waals surface area contributed by atoms with Crippen molar-refractivity contribution in [3.63, 3.8) is 0 Å². The molecule has 0 spiro atoms. The summed E-state index contributed by atoms with van der Waals surface area (Å²) in [4.78, 5) is 12.6. The number of nitrogens with zero attached hydrogens (tertiary/aromatic N) is 3. The summed E-state index contributed by atoms with van der Waals surface area (Å²) in [6.07, 6.45) is 3.85. The average molecular weight is 284 g/mol. The maximum atomic E-state index is 12.6. The summed E-state index contributed by atoms with van der Waals surface area (Å²) < 4.78 is 1.85. The molecule has 1 N–H and O–H groups in total. The Morgan fingerprint density at radius 2 is 2.05 bits per heavy atom. The van der Waals surface area contributed by atoms with Crippen LogP contribution in [0.5, 0.6) is 0 Å². The van der Waals surface area contributed by atoms with E-state index in [1.807, 2.05) is 36.7 Å². The standard InChI is InChI=1S/C16H20N4O/c1-11-3-4-12(2)14(9-11)16(21)15-10-20(19-18-15)13-5-7-17-8-6-13/h3-4,9-10,13,17H,5-8H2,1-2H3. The molecule has 1 aliphatic rings. The Kier molecular flexibility index (Phi) is 3.84. The van der Waals surface area contributed by atoms with Gasteiger partial charge < -0.3 is 5.32 Å². The molecular weight excluding hydrogens is 264 g/mol. The largest absolute Gasteiger partial charge is 0.317 e. The number of carbonyl (C=O) groups excluding carboxylic acids is 1. The van der Waals surface area contributed by atoms with Crippen LogP contribution >= 0.6 is 0 Å². The van der Waals surface area contributed by atoms with Crippen LogP contribution in [0.3, 0.4) is 0 Å². The molecule has 0 atom stereocenters. The first-order valence-electron chi connectivity index (χ1n) is 7.39. The van der Waals surface area contributed by atoms with Crippen LogP contribution in [0.4, 0.5) is 0 Å². The molecule has 0 bridgehead atoms. The molecule has 2 aromatic rings. The Morgan fingerprint density at radius 3 is 2.81 bits per heavy atom. The zero-order chi connectivity index (χ0) is 14.8. The highest BCUT2D eigenvalue weighted by Gasteiger charge is 2.20. The van der Waals surface area contributed by atoms with Gasteiger partial charge in [-0.05, 0) is 51.4 Å². The SMILES string of the molecule is Cc1ccc(C)c(C(=O)c2cn(C3CCNCC3)nn2)c1. The number of benzene rings is 1. The van der Waals surface area contributed by atoms with Crippen molar-refractivity contribution in [2.45, 2.75) is 32.7 Å². The number of hydrogen-bond acceptors (Lipinski definition) is 4. The van der Waals surface area contributed by atoms with Crippen LogP contribution in [-0.2, 0) is 0 Å². The van der Waals surface area contributed by atoms with Gasteiger partial charge in [0.15, 0.2) is 5.69 Å². The molecule has 0 saturated carbocycles. The minimum absolute atomic E-state index is 0.0450. The Bertz CT molecular complexity index is 656.